The number of hydrogen-bond acceptors (Lipinski definition) is 4. The average molecular weight is 567 g/mol. The van der Waals surface area contributed by atoms with Gasteiger partial charge in [-0.3, -0.25) is 4.99 Å². The highest BCUT2D eigenvalue weighted by Gasteiger charge is 2.18. The maximum atomic E-state index is 12.2. The Morgan fingerprint density at radius 3 is 2.21 bits per heavy atom. The van der Waals surface area contributed by atoms with Gasteiger partial charge < -0.3 is 15.7 Å². The lowest BCUT2D eigenvalue weighted by molar-refractivity contribution is 0.187. The molecule has 0 fully saturated rings. The van der Waals surface area contributed by atoms with Crippen LogP contribution in [0.3, 0.4) is 0 Å². The van der Waals surface area contributed by atoms with Gasteiger partial charge in [0.2, 0.25) is 10.0 Å². The molecule has 1 atom stereocenters. The molecule has 7 nitrogen and oxygen atoms in total. The van der Waals surface area contributed by atoms with E-state index < -0.39 is 16.1 Å². The minimum Gasteiger partial charge on any atom is -0.386 e. The zero-order chi connectivity index (χ0) is 20.4. The number of aliphatic hydroxyl groups is 1. The summed E-state index contributed by atoms with van der Waals surface area (Å²) in [7, 11) is -3.31. The molecule has 0 bridgehead atoms. The number of benzene rings is 1. The Hall–Kier alpha value is -0.330. The van der Waals surface area contributed by atoms with Crippen LogP contribution in [-0.4, -0.2) is 62.3 Å². The van der Waals surface area contributed by atoms with Crippen molar-refractivity contribution in [3.63, 3.8) is 0 Å². The van der Waals surface area contributed by atoms with Crippen molar-refractivity contribution in [1.82, 2.24) is 14.9 Å². The van der Waals surface area contributed by atoms with E-state index in [-0.39, 0.29) is 42.8 Å². The summed E-state index contributed by atoms with van der Waals surface area (Å²) in [6, 6.07) is 4.85. The van der Waals surface area contributed by atoms with Crippen molar-refractivity contribution in [2.45, 2.75) is 26.9 Å². The molecule has 11 heteroatoms. The van der Waals surface area contributed by atoms with Crippen molar-refractivity contribution < 1.29 is 13.5 Å². The van der Waals surface area contributed by atoms with Crippen LogP contribution in [0.15, 0.2) is 23.2 Å². The van der Waals surface area contributed by atoms with Crippen molar-refractivity contribution in [1.29, 1.82) is 0 Å². The van der Waals surface area contributed by atoms with Crippen LogP contribution >= 0.6 is 47.2 Å². The van der Waals surface area contributed by atoms with Crippen LogP contribution in [0.2, 0.25) is 10.0 Å². The first-order chi connectivity index (χ1) is 12.7. The van der Waals surface area contributed by atoms with Gasteiger partial charge in [-0.15, -0.1) is 24.0 Å². The molecule has 1 rings (SSSR count). The summed E-state index contributed by atoms with van der Waals surface area (Å²) >= 11 is 11.9. The number of guanidine groups is 1. The molecule has 0 radical (unpaired) electrons. The Balaban J connectivity index is 0.00000729. The summed E-state index contributed by atoms with van der Waals surface area (Å²) in [5, 5.41) is 17.2. The minimum atomic E-state index is -3.31. The van der Waals surface area contributed by atoms with Crippen LogP contribution in [0, 0.1) is 0 Å². The van der Waals surface area contributed by atoms with E-state index in [1.807, 2.05) is 20.8 Å². The second-order valence-electron chi connectivity index (χ2n) is 5.77. The number of sulfonamides is 1. The predicted molar refractivity (Wildman–Crippen MR) is 128 cm³/mol. The molecule has 0 aliphatic heterocycles. The molecule has 162 valence electrons. The molecular formula is C17H29Cl2IN4O3S. The van der Waals surface area contributed by atoms with Gasteiger partial charge in [0, 0.05) is 36.2 Å². The van der Waals surface area contributed by atoms with Gasteiger partial charge in [-0.05, 0) is 30.7 Å². The van der Waals surface area contributed by atoms with Crippen molar-refractivity contribution in [2.24, 2.45) is 4.99 Å². The minimum absolute atomic E-state index is 0. The van der Waals surface area contributed by atoms with Gasteiger partial charge in [-0.1, -0.05) is 37.0 Å². The quantitative estimate of drug-likeness (QED) is 0.230. The first kappa shape index (κ1) is 27.7. The lowest BCUT2D eigenvalue weighted by Gasteiger charge is -2.19. The van der Waals surface area contributed by atoms with E-state index >= 15 is 0 Å². The normalized spacial score (nSPS) is 13.2. The van der Waals surface area contributed by atoms with Gasteiger partial charge in [0.1, 0.15) is 0 Å². The Morgan fingerprint density at radius 2 is 1.71 bits per heavy atom. The van der Waals surface area contributed by atoms with Crippen LogP contribution < -0.4 is 10.6 Å². The summed E-state index contributed by atoms with van der Waals surface area (Å²) < 4.78 is 25.8. The number of hydrogen-bond donors (Lipinski definition) is 3. The predicted octanol–water partition coefficient (Wildman–Crippen LogP) is 2.87. The second kappa shape index (κ2) is 13.8. The van der Waals surface area contributed by atoms with Crippen LogP contribution in [-0.2, 0) is 10.0 Å². The highest BCUT2D eigenvalue weighted by molar-refractivity contribution is 14.0. The van der Waals surface area contributed by atoms with Crippen LogP contribution in [0.5, 0.6) is 0 Å². The number of rotatable bonds is 10. The molecule has 0 aliphatic rings. The number of halogens is 3. The molecule has 0 saturated heterocycles. The van der Waals surface area contributed by atoms with E-state index in [0.717, 1.165) is 0 Å². The Kier molecular flexibility index (Phi) is 13.6. The Morgan fingerprint density at radius 1 is 1.14 bits per heavy atom. The standard InChI is InChI=1S/C17H28Cl2N4O3S.HI/c1-4-20-17(21-7-8-27(25,26)23(5-2)6-3)22-12-16(24)13-9-14(18)11-15(19)10-13;/h9-11,16,24H,4-8,12H2,1-3H3,(H2,20,21,22);1H. The number of aliphatic hydroxyl groups excluding tert-OH is 1. The maximum absolute atomic E-state index is 12.2. The van der Waals surface area contributed by atoms with Gasteiger partial charge in [0.15, 0.2) is 5.96 Å². The second-order valence-corrected chi connectivity index (χ2v) is 8.73. The Labute approximate surface area is 195 Å². The number of aliphatic imine (C=N–C) groups is 1. The lowest BCUT2D eigenvalue weighted by Crippen LogP contribution is -2.42. The van der Waals surface area contributed by atoms with Gasteiger partial charge in [-0.2, -0.15) is 0 Å². The fourth-order valence-corrected chi connectivity index (χ4v) is 4.38. The van der Waals surface area contributed by atoms with E-state index in [9.17, 15) is 13.5 Å². The molecule has 1 unspecified atom stereocenters. The molecule has 0 aliphatic carbocycles. The van der Waals surface area contributed by atoms with Crippen LogP contribution in [0.25, 0.3) is 0 Å². The third kappa shape index (κ3) is 9.45. The average Bonchev–Trinajstić information content (AvgIpc) is 2.59. The monoisotopic (exact) mass is 566 g/mol. The van der Waals surface area contributed by atoms with Crippen molar-refractivity contribution >= 4 is 63.2 Å². The van der Waals surface area contributed by atoms with Gasteiger partial charge in [0.25, 0.3) is 0 Å². The smallest absolute Gasteiger partial charge is 0.215 e. The summed E-state index contributed by atoms with van der Waals surface area (Å²) in [5.74, 6) is 0.394. The SMILES string of the molecule is CCNC(=NCC(O)c1cc(Cl)cc(Cl)c1)NCCS(=O)(=O)N(CC)CC.I. The van der Waals surface area contributed by atoms with Crippen LogP contribution in [0.1, 0.15) is 32.4 Å². The fourth-order valence-electron chi connectivity index (χ4n) is 2.44. The molecule has 0 saturated carbocycles. The fraction of sp³-hybridized carbons (Fsp3) is 0.588. The molecular weight excluding hydrogens is 538 g/mol. The summed E-state index contributed by atoms with van der Waals surface area (Å²) in [6.07, 6.45) is -0.879. The molecule has 0 spiro atoms. The molecule has 0 amide bonds. The molecule has 1 aromatic carbocycles. The largest absolute Gasteiger partial charge is 0.386 e. The molecule has 1 aromatic rings. The van der Waals surface area contributed by atoms with Crippen molar-refractivity contribution in [2.75, 3.05) is 38.5 Å². The van der Waals surface area contributed by atoms with E-state index in [4.69, 9.17) is 23.2 Å². The number of nitrogens with zero attached hydrogens (tertiary/aromatic N) is 2. The third-order valence-corrected chi connectivity index (χ3v) is 6.25. The van der Waals surface area contributed by atoms with E-state index in [2.05, 4.69) is 15.6 Å². The lowest BCUT2D eigenvalue weighted by atomic mass is 10.1. The first-order valence-corrected chi connectivity index (χ1v) is 11.2. The van der Waals surface area contributed by atoms with Crippen molar-refractivity contribution in [3.05, 3.63) is 33.8 Å². The van der Waals surface area contributed by atoms with Gasteiger partial charge in [0.05, 0.1) is 18.4 Å². The van der Waals surface area contributed by atoms with Crippen molar-refractivity contribution in [3.8, 4) is 0 Å². The summed E-state index contributed by atoms with van der Waals surface area (Å²) in [4.78, 5) is 4.30. The molecule has 0 heterocycles. The molecule has 28 heavy (non-hydrogen) atoms. The van der Waals surface area contributed by atoms with Gasteiger partial charge >= 0.3 is 0 Å². The zero-order valence-electron chi connectivity index (χ0n) is 16.3. The third-order valence-electron chi connectivity index (χ3n) is 3.79. The van der Waals surface area contributed by atoms with E-state index in [0.29, 0.717) is 41.2 Å². The molecule has 3 N–H and O–H groups in total. The number of nitrogens with one attached hydrogen (secondary N) is 2. The maximum Gasteiger partial charge on any atom is 0.215 e. The summed E-state index contributed by atoms with van der Waals surface area (Å²) in [6.45, 7) is 7.30. The topological polar surface area (TPSA) is 94.0 Å². The van der Waals surface area contributed by atoms with Gasteiger partial charge in [-0.25, -0.2) is 12.7 Å². The van der Waals surface area contributed by atoms with E-state index in [1.54, 1.807) is 18.2 Å². The van der Waals surface area contributed by atoms with Crippen LogP contribution in [0.4, 0.5) is 0 Å². The summed E-state index contributed by atoms with van der Waals surface area (Å²) in [5.41, 5.74) is 0.566. The first-order valence-electron chi connectivity index (χ1n) is 8.87. The Bertz CT molecular complexity index is 711. The highest BCUT2D eigenvalue weighted by atomic mass is 127. The zero-order valence-corrected chi connectivity index (χ0v) is 20.9. The van der Waals surface area contributed by atoms with E-state index in [1.165, 1.54) is 4.31 Å². The molecule has 0 aromatic heterocycles. The highest BCUT2D eigenvalue weighted by Crippen LogP contribution is 2.23.